The first-order valence-electron chi connectivity index (χ1n) is 5.35. The van der Waals surface area contributed by atoms with Gasteiger partial charge in [-0.2, -0.15) is 5.10 Å². The lowest BCUT2D eigenvalue weighted by molar-refractivity contribution is 0.415. The fourth-order valence-corrected chi connectivity index (χ4v) is 1.57. The second-order valence-corrected chi connectivity index (χ2v) is 3.79. The van der Waals surface area contributed by atoms with Crippen LogP contribution in [0.25, 0.3) is 0 Å². The molecule has 0 aliphatic rings. The molecule has 0 atom stereocenters. The van der Waals surface area contributed by atoms with Gasteiger partial charge < -0.3 is 15.8 Å². The van der Waals surface area contributed by atoms with E-state index in [1.165, 1.54) is 0 Å². The zero-order chi connectivity index (χ0) is 12.3. The Hall–Kier alpha value is -2.17. The Kier molecular flexibility index (Phi) is 3.18. The molecule has 1 heterocycles. The number of hydrogen-bond acceptors (Lipinski definition) is 4. The SMILES string of the molecule is COc1ccc(NCc2ccn(C)n2)c(N)c1. The monoisotopic (exact) mass is 232 g/mol. The van der Waals surface area contributed by atoms with Crippen molar-refractivity contribution in [2.75, 3.05) is 18.2 Å². The molecule has 0 saturated carbocycles. The van der Waals surface area contributed by atoms with Gasteiger partial charge in [-0.3, -0.25) is 4.68 Å². The van der Waals surface area contributed by atoms with Crippen LogP contribution in [0.4, 0.5) is 11.4 Å². The summed E-state index contributed by atoms with van der Waals surface area (Å²) < 4.78 is 6.86. The molecule has 5 heteroatoms. The van der Waals surface area contributed by atoms with E-state index in [0.717, 1.165) is 17.1 Å². The highest BCUT2D eigenvalue weighted by Gasteiger charge is 2.02. The minimum Gasteiger partial charge on any atom is -0.497 e. The molecule has 0 aliphatic heterocycles. The van der Waals surface area contributed by atoms with Crippen molar-refractivity contribution in [3.63, 3.8) is 0 Å². The summed E-state index contributed by atoms with van der Waals surface area (Å²) in [6.07, 6.45) is 1.91. The molecule has 1 aromatic heterocycles. The van der Waals surface area contributed by atoms with Crippen LogP contribution >= 0.6 is 0 Å². The molecule has 0 amide bonds. The summed E-state index contributed by atoms with van der Waals surface area (Å²) in [7, 11) is 3.51. The Morgan fingerprint density at radius 3 is 2.82 bits per heavy atom. The predicted octanol–water partition coefficient (Wildman–Crippen LogP) is 1.62. The molecule has 0 spiro atoms. The number of nitrogens with two attached hydrogens (primary N) is 1. The molecular formula is C12H16N4O. The van der Waals surface area contributed by atoms with Gasteiger partial charge in [0, 0.05) is 19.3 Å². The summed E-state index contributed by atoms with van der Waals surface area (Å²) in [6.45, 7) is 0.650. The first-order chi connectivity index (χ1) is 8.19. The number of aromatic nitrogens is 2. The van der Waals surface area contributed by atoms with Gasteiger partial charge in [0.15, 0.2) is 0 Å². The third kappa shape index (κ3) is 2.69. The van der Waals surface area contributed by atoms with E-state index in [0.29, 0.717) is 12.2 Å². The minimum atomic E-state index is 0.650. The Bertz CT molecular complexity index is 507. The van der Waals surface area contributed by atoms with Gasteiger partial charge in [-0.1, -0.05) is 0 Å². The van der Waals surface area contributed by atoms with Crippen LogP contribution in [0.5, 0.6) is 5.75 Å². The first kappa shape index (κ1) is 11.3. The molecule has 3 N–H and O–H groups in total. The van der Waals surface area contributed by atoms with Crippen LogP contribution in [0.15, 0.2) is 30.5 Å². The molecule has 2 aromatic rings. The predicted molar refractivity (Wildman–Crippen MR) is 67.9 cm³/mol. The van der Waals surface area contributed by atoms with Gasteiger partial charge >= 0.3 is 0 Å². The molecule has 0 bridgehead atoms. The number of rotatable bonds is 4. The second-order valence-electron chi connectivity index (χ2n) is 3.79. The molecule has 0 radical (unpaired) electrons. The molecule has 2 rings (SSSR count). The summed E-state index contributed by atoms with van der Waals surface area (Å²) in [5.41, 5.74) is 8.43. The van der Waals surface area contributed by atoms with Crippen LogP contribution in [-0.2, 0) is 13.6 Å². The Balaban J connectivity index is 2.04. The minimum absolute atomic E-state index is 0.650. The van der Waals surface area contributed by atoms with E-state index in [1.54, 1.807) is 17.9 Å². The number of methoxy groups -OCH3 is 1. The van der Waals surface area contributed by atoms with E-state index in [-0.39, 0.29) is 0 Å². The molecule has 0 fully saturated rings. The van der Waals surface area contributed by atoms with Crippen LogP contribution in [0.2, 0.25) is 0 Å². The smallest absolute Gasteiger partial charge is 0.121 e. The van der Waals surface area contributed by atoms with E-state index >= 15 is 0 Å². The average Bonchev–Trinajstić information content (AvgIpc) is 2.73. The summed E-state index contributed by atoms with van der Waals surface area (Å²) >= 11 is 0. The van der Waals surface area contributed by atoms with Crippen molar-refractivity contribution in [1.82, 2.24) is 9.78 Å². The number of aryl methyl sites for hydroxylation is 1. The number of nitrogens with one attached hydrogen (secondary N) is 1. The van der Waals surface area contributed by atoms with Crippen molar-refractivity contribution in [2.24, 2.45) is 7.05 Å². The zero-order valence-electron chi connectivity index (χ0n) is 9.97. The van der Waals surface area contributed by atoms with Crippen LogP contribution in [0.1, 0.15) is 5.69 Å². The van der Waals surface area contributed by atoms with Crippen LogP contribution in [0, 0.1) is 0 Å². The van der Waals surface area contributed by atoms with Gasteiger partial charge in [0.25, 0.3) is 0 Å². The van der Waals surface area contributed by atoms with E-state index in [4.69, 9.17) is 10.5 Å². The van der Waals surface area contributed by atoms with E-state index in [2.05, 4.69) is 10.4 Å². The summed E-state index contributed by atoms with van der Waals surface area (Å²) in [6, 6.07) is 7.53. The van der Waals surface area contributed by atoms with Gasteiger partial charge in [0.2, 0.25) is 0 Å². The van der Waals surface area contributed by atoms with Crippen molar-refractivity contribution >= 4 is 11.4 Å². The van der Waals surface area contributed by atoms with Gasteiger partial charge in [-0.05, 0) is 18.2 Å². The van der Waals surface area contributed by atoms with Crippen molar-refractivity contribution < 1.29 is 4.74 Å². The maximum absolute atomic E-state index is 5.90. The van der Waals surface area contributed by atoms with Gasteiger partial charge in [0.05, 0.1) is 30.7 Å². The van der Waals surface area contributed by atoms with Crippen LogP contribution in [-0.4, -0.2) is 16.9 Å². The quantitative estimate of drug-likeness (QED) is 0.786. The highest BCUT2D eigenvalue weighted by atomic mass is 16.5. The summed E-state index contributed by atoms with van der Waals surface area (Å²) in [5.74, 6) is 0.755. The molecule has 90 valence electrons. The number of nitrogens with zero attached hydrogens (tertiary/aromatic N) is 2. The van der Waals surface area contributed by atoms with E-state index < -0.39 is 0 Å². The van der Waals surface area contributed by atoms with Crippen molar-refractivity contribution in [3.05, 3.63) is 36.2 Å². The highest BCUT2D eigenvalue weighted by Crippen LogP contribution is 2.24. The molecule has 5 nitrogen and oxygen atoms in total. The van der Waals surface area contributed by atoms with Crippen molar-refractivity contribution in [2.45, 2.75) is 6.54 Å². The largest absolute Gasteiger partial charge is 0.497 e. The number of benzene rings is 1. The molecule has 0 unspecified atom stereocenters. The molecule has 17 heavy (non-hydrogen) atoms. The van der Waals surface area contributed by atoms with E-state index in [9.17, 15) is 0 Å². The number of ether oxygens (including phenoxy) is 1. The number of anilines is 2. The topological polar surface area (TPSA) is 65.1 Å². The van der Waals surface area contributed by atoms with E-state index in [1.807, 2.05) is 31.4 Å². The lowest BCUT2D eigenvalue weighted by Crippen LogP contribution is -2.03. The van der Waals surface area contributed by atoms with Gasteiger partial charge in [-0.15, -0.1) is 0 Å². The molecule has 1 aromatic carbocycles. The zero-order valence-corrected chi connectivity index (χ0v) is 9.97. The highest BCUT2D eigenvalue weighted by molar-refractivity contribution is 5.68. The molecule has 0 aliphatic carbocycles. The fraction of sp³-hybridized carbons (Fsp3) is 0.250. The lowest BCUT2D eigenvalue weighted by atomic mass is 10.2. The van der Waals surface area contributed by atoms with Crippen LogP contribution in [0.3, 0.4) is 0 Å². The van der Waals surface area contributed by atoms with Crippen molar-refractivity contribution in [3.8, 4) is 5.75 Å². The third-order valence-corrected chi connectivity index (χ3v) is 2.49. The first-order valence-corrected chi connectivity index (χ1v) is 5.35. The Morgan fingerprint density at radius 1 is 1.41 bits per heavy atom. The van der Waals surface area contributed by atoms with Crippen LogP contribution < -0.4 is 15.8 Å². The van der Waals surface area contributed by atoms with Crippen molar-refractivity contribution in [1.29, 1.82) is 0 Å². The average molecular weight is 232 g/mol. The maximum atomic E-state index is 5.90. The molecular weight excluding hydrogens is 216 g/mol. The Labute approximate surface area is 100 Å². The summed E-state index contributed by atoms with van der Waals surface area (Å²) in [5, 5.41) is 7.52. The van der Waals surface area contributed by atoms with Gasteiger partial charge in [-0.25, -0.2) is 0 Å². The maximum Gasteiger partial charge on any atom is 0.121 e. The third-order valence-electron chi connectivity index (χ3n) is 2.49. The number of hydrogen-bond donors (Lipinski definition) is 2. The molecule has 0 saturated heterocycles. The Morgan fingerprint density at radius 2 is 2.24 bits per heavy atom. The standard InChI is InChI=1S/C12H16N4O/c1-16-6-5-9(15-16)8-14-12-4-3-10(17-2)7-11(12)13/h3-7,14H,8,13H2,1-2H3. The lowest BCUT2D eigenvalue weighted by Gasteiger charge is -2.09. The summed E-state index contributed by atoms with van der Waals surface area (Å²) in [4.78, 5) is 0. The second kappa shape index (κ2) is 4.78. The normalized spacial score (nSPS) is 10.2. The van der Waals surface area contributed by atoms with Gasteiger partial charge in [0.1, 0.15) is 5.75 Å². The fourth-order valence-electron chi connectivity index (χ4n) is 1.57. The number of nitrogen functional groups attached to an aromatic ring is 1.